The Morgan fingerprint density at radius 2 is 2.00 bits per heavy atom. The number of halogens is 1. The summed E-state index contributed by atoms with van der Waals surface area (Å²) in [6.07, 6.45) is 3.25. The number of fused-ring (bicyclic) bond motifs is 1. The Kier molecular flexibility index (Phi) is 5.03. The highest BCUT2D eigenvalue weighted by Crippen LogP contribution is 2.31. The van der Waals surface area contributed by atoms with Crippen molar-refractivity contribution in [3.05, 3.63) is 17.7 Å². The minimum Gasteiger partial charge on any atom is -0.377 e. The van der Waals surface area contributed by atoms with Crippen molar-refractivity contribution in [2.45, 2.75) is 33.4 Å². The average molecular weight is 403 g/mol. The molecule has 0 aliphatic carbocycles. The standard InChI is InChI=1S/C18H23ClN8O/c1-10(2)8-27-16-13(23-17(27)19)15(26-4-5-28-9-11(26)3)24-14(25-16)12-6-21-18(20)22-7-12/h6-7,10-11H,4-5,8-9H2,1-3H3,(H2,20,21,22)/t11-/m0/s1. The topological polar surface area (TPSA) is 108 Å². The summed E-state index contributed by atoms with van der Waals surface area (Å²) in [5, 5.41) is 0.408. The van der Waals surface area contributed by atoms with Crippen molar-refractivity contribution in [2.24, 2.45) is 5.92 Å². The molecule has 10 heteroatoms. The molecule has 2 N–H and O–H groups in total. The summed E-state index contributed by atoms with van der Waals surface area (Å²) in [7, 11) is 0. The monoisotopic (exact) mass is 402 g/mol. The highest BCUT2D eigenvalue weighted by atomic mass is 35.5. The first-order chi connectivity index (χ1) is 13.4. The van der Waals surface area contributed by atoms with E-state index in [2.05, 4.69) is 40.6 Å². The van der Waals surface area contributed by atoms with Crippen LogP contribution in [0, 0.1) is 5.92 Å². The van der Waals surface area contributed by atoms with Crippen molar-refractivity contribution in [1.82, 2.24) is 29.5 Å². The number of nitrogens with two attached hydrogens (primary N) is 1. The lowest BCUT2D eigenvalue weighted by molar-refractivity contribution is 0.0987. The molecule has 0 bridgehead atoms. The van der Waals surface area contributed by atoms with Gasteiger partial charge in [-0.3, -0.25) is 4.57 Å². The molecule has 4 rings (SSSR count). The van der Waals surface area contributed by atoms with Gasteiger partial charge >= 0.3 is 0 Å². The van der Waals surface area contributed by atoms with E-state index in [1.165, 1.54) is 0 Å². The molecule has 1 aliphatic rings. The van der Waals surface area contributed by atoms with Crippen molar-refractivity contribution in [2.75, 3.05) is 30.4 Å². The van der Waals surface area contributed by atoms with E-state index in [-0.39, 0.29) is 12.0 Å². The number of imidazole rings is 1. The Labute approximate surface area is 167 Å². The van der Waals surface area contributed by atoms with Gasteiger partial charge in [0.05, 0.1) is 24.8 Å². The second-order valence-electron chi connectivity index (χ2n) is 7.38. The van der Waals surface area contributed by atoms with Crippen LogP contribution in [0.3, 0.4) is 0 Å². The normalized spacial score (nSPS) is 17.6. The number of hydrogen-bond acceptors (Lipinski definition) is 8. The second kappa shape index (κ2) is 7.48. The van der Waals surface area contributed by atoms with Crippen LogP contribution in [-0.4, -0.2) is 55.3 Å². The Hall–Kier alpha value is -2.52. The fraction of sp³-hybridized carbons (Fsp3) is 0.500. The van der Waals surface area contributed by atoms with E-state index in [9.17, 15) is 0 Å². The number of morpholine rings is 1. The zero-order chi connectivity index (χ0) is 19.8. The summed E-state index contributed by atoms with van der Waals surface area (Å²) in [4.78, 5) is 24.5. The fourth-order valence-corrected chi connectivity index (χ4v) is 3.54. The third kappa shape index (κ3) is 3.47. The highest BCUT2D eigenvalue weighted by Gasteiger charge is 2.27. The molecule has 0 spiro atoms. The largest absolute Gasteiger partial charge is 0.377 e. The van der Waals surface area contributed by atoms with Crippen molar-refractivity contribution >= 4 is 34.5 Å². The summed E-state index contributed by atoms with van der Waals surface area (Å²) < 4.78 is 7.51. The summed E-state index contributed by atoms with van der Waals surface area (Å²) in [5.41, 5.74) is 7.71. The van der Waals surface area contributed by atoms with Crippen LogP contribution >= 0.6 is 11.6 Å². The summed E-state index contributed by atoms with van der Waals surface area (Å²) >= 11 is 6.48. The van der Waals surface area contributed by atoms with Crippen LogP contribution < -0.4 is 10.6 Å². The molecule has 0 aromatic carbocycles. The van der Waals surface area contributed by atoms with Crippen molar-refractivity contribution in [3.8, 4) is 11.4 Å². The molecular formula is C18H23ClN8O. The van der Waals surface area contributed by atoms with Crippen molar-refractivity contribution < 1.29 is 4.74 Å². The van der Waals surface area contributed by atoms with Gasteiger partial charge in [0.1, 0.15) is 0 Å². The molecular weight excluding hydrogens is 380 g/mol. The number of aromatic nitrogens is 6. The lowest BCUT2D eigenvalue weighted by atomic mass is 10.2. The predicted octanol–water partition coefficient (Wildman–Crippen LogP) is 2.40. The van der Waals surface area contributed by atoms with Gasteiger partial charge < -0.3 is 15.4 Å². The van der Waals surface area contributed by atoms with Crippen LogP contribution in [0.5, 0.6) is 0 Å². The first-order valence-corrected chi connectivity index (χ1v) is 9.68. The third-order valence-corrected chi connectivity index (χ3v) is 4.94. The first kappa shape index (κ1) is 18.8. The predicted molar refractivity (Wildman–Crippen MR) is 108 cm³/mol. The maximum atomic E-state index is 6.48. The van der Waals surface area contributed by atoms with E-state index in [4.69, 9.17) is 32.0 Å². The van der Waals surface area contributed by atoms with Crippen LogP contribution in [-0.2, 0) is 11.3 Å². The van der Waals surface area contributed by atoms with Crippen LogP contribution in [0.2, 0.25) is 5.28 Å². The molecule has 3 aromatic rings. The molecule has 0 amide bonds. The number of nitrogens with zero attached hydrogens (tertiary/aromatic N) is 7. The van der Waals surface area contributed by atoms with Gasteiger partial charge in [-0.2, -0.15) is 0 Å². The molecule has 1 fully saturated rings. The van der Waals surface area contributed by atoms with E-state index in [1.807, 2.05) is 4.57 Å². The van der Waals surface area contributed by atoms with Crippen LogP contribution in [0.1, 0.15) is 20.8 Å². The minimum absolute atomic E-state index is 0.163. The molecule has 1 aliphatic heterocycles. The molecule has 9 nitrogen and oxygen atoms in total. The van der Waals surface area contributed by atoms with Crippen LogP contribution in [0.15, 0.2) is 12.4 Å². The molecule has 3 aromatic heterocycles. The maximum absolute atomic E-state index is 6.48. The molecule has 0 unspecified atom stereocenters. The highest BCUT2D eigenvalue weighted by molar-refractivity contribution is 6.29. The van der Waals surface area contributed by atoms with Crippen molar-refractivity contribution in [1.29, 1.82) is 0 Å². The number of nitrogen functional groups attached to an aromatic ring is 1. The Morgan fingerprint density at radius 3 is 2.68 bits per heavy atom. The smallest absolute Gasteiger partial charge is 0.219 e. The quantitative estimate of drug-likeness (QED) is 0.662. The average Bonchev–Trinajstić information content (AvgIpc) is 2.97. The Balaban J connectivity index is 1.93. The molecule has 1 saturated heterocycles. The molecule has 28 heavy (non-hydrogen) atoms. The molecule has 1 atom stereocenters. The molecule has 4 heterocycles. The summed E-state index contributed by atoms with van der Waals surface area (Å²) in [5.74, 6) is 1.86. The number of anilines is 2. The Bertz CT molecular complexity index is 987. The third-order valence-electron chi connectivity index (χ3n) is 4.65. The first-order valence-electron chi connectivity index (χ1n) is 9.30. The van der Waals surface area contributed by atoms with Crippen LogP contribution in [0.25, 0.3) is 22.6 Å². The van der Waals surface area contributed by atoms with E-state index >= 15 is 0 Å². The lowest BCUT2D eigenvalue weighted by Gasteiger charge is -2.34. The van der Waals surface area contributed by atoms with Crippen LogP contribution in [0.4, 0.5) is 11.8 Å². The molecule has 0 saturated carbocycles. The summed E-state index contributed by atoms with van der Waals surface area (Å²) in [6, 6.07) is 0.163. The van der Waals surface area contributed by atoms with Gasteiger partial charge in [0.2, 0.25) is 11.2 Å². The summed E-state index contributed by atoms with van der Waals surface area (Å²) in [6.45, 7) is 9.06. The lowest BCUT2D eigenvalue weighted by Crippen LogP contribution is -2.44. The molecule has 148 valence electrons. The van der Waals surface area contributed by atoms with E-state index in [0.29, 0.717) is 53.5 Å². The minimum atomic E-state index is 0.163. The zero-order valence-corrected chi connectivity index (χ0v) is 16.9. The van der Waals surface area contributed by atoms with Gasteiger partial charge in [-0.15, -0.1) is 0 Å². The number of rotatable bonds is 4. The van der Waals surface area contributed by atoms with Gasteiger partial charge in [-0.25, -0.2) is 24.9 Å². The Morgan fingerprint density at radius 1 is 1.25 bits per heavy atom. The van der Waals surface area contributed by atoms with E-state index in [1.54, 1.807) is 12.4 Å². The molecule has 0 radical (unpaired) electrons. The van der Waals surface area contributed by atoms with Gasteiger partial charge in [0.15, 0.2) is 22.8 Å². The van der Waals surface area contributed by atoms with Crippen molar-refractivity contribution in [3.63, 3.8) is 0 Å². The van der Waals surface area contributed by atoms with Gasteiger partial charge in [-0.05, 0) is 24.4 Å². The fourth-order valence-electron chi connectivity index (χ4n) is 3.31. The maximum Gasteiger partial charge on any atom is 0.219 e. The van der Waals surface area contributed by atoms with Gasteiger partial charge in [0.25, 0.3) is 0 Å². The van der Waals surface area contributed by atoms with Gasteiger partial charge in [0, 0.05) is 25.5 Å². The number of hydrogen-bond donors (Lipinski definition) is 1. The SMILES string of the molecule is CC(C)Cn1c(Cl)nc2c(N3CCOC[C@@H]3C)nc(-c3cnc(N)nc3)nc21. The second-order valence-corrected chi connectivity index (χ2v) is 7.71. The zero-order valence-electron chi connectivity index (χ0n) is 16.1. The van der Waals surface area contributed by atoms with E-state index in [0.717, 1.165) is 12.4 Å². The van der Waals surface area contributed by atoms with E-state index < -0.39 is 0 Å². The number of ether oxygens (including phenoxy) is 1. The van der Waals surface area contributed by atoms with Gasteiger partial charge in [-0.1, -0.05) is 13.8 Å².